The standard InChI is InChI=1S/C22H24N2O5/c1-15(2)23-22(27)24-20(25)14-29-21(26)18(16-9-5-4-6-10-16)13-17-11-7-8-12-19(17)28-3/h4-13,15H,14H2,1-3H3,(H2,23,24,25,27)/b18-13+. The highest BCUT2D eigenvalue weighted by Gasteiger charge is 2.17. The summed E-state index contributed by atoms with van der Waals surface area (Å²) in [7, 11) is 1.54. The molecule has 0 unspecified atom stereocenters. The fraction of sp³-hybridized carbons (Fsp3) is 0.227. The second kappa shape index (κ2) is 10.7. The van der Waals surface area contributed by atoms with E-state index < -0.39 is 24.5 Å². The Hall–Kier alpha value is -3.61. The maximum Gasteiger partial charge on any atom is 0.339 e. The van der Waals surface area contributed by atoms with E-state index in [1.165, 1.54) is 0 Å². The first-order valence-electron chi connectivity index (χ1n) is 9.08. The van der Waals surface area contributed by atoms with Crippen LogP contribution in [0.25, 0.3) is 11.6 Å². The number of imide groups is 1. The Morgan fingerprint density at radius 3 is 2.31 bits per heavy atom. The summed E-state index contributed by atoms with van der Waals surface area (Å²) in [6, 6.07) is 15.4. The van der Waals surface area contributed by atoms with Gasteiger partial charge in [-0.05, 0) is 31.6 Å². The van der Waals surface area contributed by atoms with Gasteiger partial charge in [0.05, 0.1) is 12.7 Å². The van der Waals surface area contributed by atoms with E-state index >= 15 is 0 Å². The van der Waals surface area contributed by atoms with Crippen molar-refractivity contribution in [3.8, 4) is 5.75 Å². The lowest BCUT2D eigenvalue weighted by Gasteiger charge is -2.11. The van der Waals surface area contributed by atoms with E-state index in [2.05, 4.69) is 10.6 Å². The Morgan fingerprint density at radius 1 is 1.00 bits per heavy atom. The zero-order chi connectivity index (χ0) is 21.2. The summed E-state index contributed by atoms with van der Waals surface area (Å²) >= 11 is 0. The van der Waals surface area contributed by atoms with E-state index in [0.717, 1.165) is 0 Å². The molecule has 2 aromatic carbocycles. The molecule has 0 aromatic heterocycles. The molecule has 2 N–H and O–H groups in total. The van der Waals surface area contributed by atoms with Gasteiger partial charge in [0.1, 0.15) is 5.75 Å². The Morgan fingerprint density at radius 2 is 1.66 bits per heavy atom. The van der Waals surface area contributed by atoms with Crippen LogP contribution in [0.15, 0.2) is 54.6 Å². The summed E-state index contributed by atoms with van der Waals surface area (Å²) in [5.74, 6) is -0.820. The van der Waals surface area contributed by atoms with Gasteiger partial charge in [-0.1, -0.05) is 48.5 Å². The van der Waals surface area contributed by atoms with Crippen LogP contribution < -0.4 is 15.4 Å². The van der Waals surface area contributed by atoms with Crippen molar-refractivity contribution in [1.29, 1.82) is 0 Å². The van der Waals surface area contributed by atoms with Gasteiger partial charge in [-0.25, -0.2) is 9.59 Å². The van der Waals surface area contributed by atoms with Crippen molar-refractivity contribution in [1.82, 2.24) is 10.6 Å². The summed E-state index contributed by atoms with van der Waals surface area (Å²) in [6.07, 6.45) is 1.64. The first-order chi connectivity index (χ1) is 13.9. The normalized spacial score (nSPS) is 11.0. The van der Waals surface area contributed by atoms with Crippen LogP contribution in [-0.2, 0) is 14.3 Å². The third kappa shape index (κ3) is 6.80. The van der Waals surface area contributed by atoms with Gasteiger partial charge in [0.15, 0.2) is 6.61 Å². The highest BCUT2D eigenvalue weighted by atomic mass is 16.5. The summed E-state index contributed by atoms with van der Waals surface area (Å²) in [6.45, 7) is 2.94. The van der Waals surface area contributed by atoms with Crippen LogP contribution in [0.5, 0.6) is 5.75 Å². The number of amides is 3. The van der Waals surface area contributed by atoms with Gasteiger partial charge >= 0.3 is 12.0 Å². The molecule has 2 aromatic rings. The average Bonchev–Trinajstić information content (AvgIpc) is 2.70. The van der Waals surface area contributed by atoms with Crippen molar-refractivity contribution in [3.63, 3.8) is 0 Å². The number of nitrogens with one attached hydrogen (secondary N) is 2. The number of esters is 1. The lowest BCUT2D eigenvalue weighted by molar-refractivity contribution is -0.142. The second-order valence-electron chi connectivity index (χ2n) is 6.42. The van der Waals surface area contributed by atoms with Gasteiger partial charge in [0.25, 0.3) is 5.91 Å². The molecule has 0 bridgehead atoms. The van der Waals surface area contributed by atoms with E-state index in [4.69, 9.17) is 9.47 Å². The van der Waals surface area contributed by atoms with Crippen LogP contribution >= 0.6 is 0 Å². The van der Waals surface area contributed by atoms with Gasteiger partial charge in [-0.2, -0.15) is 0 Å². The fourth-order valence-electron chi connectivity index (χ4n) is 2.49. The number of methoxy groups -OCH3 is 1. The van der Waals surface area contributed by atoms with Crippen LogP contribution in [0.4, 0.5) is 4.79 Å². The first kappa shape index (κ1) is 21.7. The zero-order valence-corrected chi connectivity index (χ0v) is 16.6. The smallest absolute Gasteiger partial charge is 0.339 e. The predicted molar refractivity (Wildman–Crippen MR) is 110 cm³/mol. The van der Waals surface area contributed by atoms with E-state index in [9.17, 15) is 14.4 Å². The maximum atomic E-state index is 12.7. The minimum absolute atomic E-state index is 0.126. The van der Waals surface area contributed by atoms with E-state index in [0.29, 0.717) is 16.9 Å². The molecule has 2 rings (SSSR count). The third-order valence-corrected chi connectivity index (χ3v) is 3.75. The molecular weight excluding hydrogens is 372 g/mol. The summed E-state index contributed by atoms with van der Waals surface area (Å²) in [5, 5.41) is 4.63. The van der Waals surface area contributed by atoms with Crippen molar-refractivity contribution in [2.24, 2.45) is 0 Å². The fourth-order valence-corrected chi connectivity index (χ4v) is 2.49. The number of ether oxygens (including phenoxy) is 2. The van der Waals surface area contributed by atoms with Crippen LogP contribution in [0.3, 0.4) is 0 Å². The molecule has 0 aliphatic heterocycles. The van der Waals surface area contributed by atoms with Crippen LogP contribution in [-0.4, -0.2) is 37.7 Å². The molecule has 0 spiro atoms. The van der Waals surface area contributed by atoms with E-state index in [-0.39, 0.29) is 11.6 Å². The molecule has 0 aliphatic carbocycles. The third-order valence-electron chi connectivity index (χ3n) is 3.75. The van der Waals surface area contributed by atoms with Gasteiger partial charge in [-0.3, -0.25) is 10.1 Å². The summed E-state index contributed by atoms with van der Waals surface area (Å²) in [4.78, 5) is 36.1. The largest absolute Gasteiger partial charge is 0.496 e. The van der Waals surface area contributed by atoms with Crippen molar-refractivity contribution in [2.45, 2.75) is 19.9 Å². The summed E-state index contributed by atoms with van der Waals surface area (Å²) < 4.78 is 10.5. The topological polar surface area (TPSA) is 93.7 Å². The van der Waals surface area contributed by atoms with E-state index in [1.54, 1.807) is 63.4 Å². The average molecular weight is 396 g/mol. The predicted octanol–water partition coefficient (Wildman–Crippen LogP) is 3.01. The Bertz CT molecular complexity index is 891. The zero-order valence-electron chi connectivity index (χ0n) is 16.6. The minimum Gasteiger partial charge on any atom is -0.496 e. The first-order valence-corrected chi connectivity index (χ1v) is 9.08. The molecule has 7 nitrogen and oxygen atoms in total. The summed E-state index contributed by atoms with van der Waals surface area (Å²) in [5.41, 5.74) is 1.57. The molecular formula is C22H24N2O5. The SMILES string of the molecule is COc1ccccc1/C=C(/C(=O)OCC(=O)NC(=O)NC(C)C)c1ccccc1. The molecule has 0 aliphatic rings. The Labute approximate surface area is 169 Å². The van der Waals surface area contributed by atoms with E-state index in [1.807, 2.05) is 18.2 Å². The van der Waals surface area contributed by atoms with Crippen LogP contribution in [0.1, 0.15) is 25.0 Å². The number of urea groups is 1. The number of rotatable bonds is 7. The monoisotopic (exact) mass is 396 g/mol. The van der Waals surface area contributed by atoms with Crippen molar-refractivity contribution in [2.75, 3.05) is 13.7 Å². The van der Waals surface area contributed by atoms with Gasteiger partial charge in [0.2, 0.25) is 0 Å². The number of carbonyl (C=O) groups is 3. The van der Waals surface area contributed by atoms with Crippen LogP contribution in [0, 0.1) is 0 Å². The number of para-hydroxylation sites is 1. The number of carbonyl (C=O) groups excluding carboxylic acids is 3. The van der Waals surface area contributed by atoms with Crippen molar-refractivity contribution < 1.29 is 23.9 Å². The molecule has 152 valence electrons. The number of benzene rings is 2. The maximum absolute atomic E-state index is 12.7. The Balaban J connectivity index is 2.17. The molecule has 0 fully saturated rings. The molecule has 0 saturated heterocycles. The highest BCUT2D eigenvalue weighted by molar-refractivity contribution is 6.22. The molecule has 0 radical (unpaired) electrons. The molecule has 3 amide bonds. The molecule has 0 heterocycles. The molecule has 0 saturated carbocycles. The quantitative estimate of drug-likeness (QED) is 0.426. The molecule has 7 heteroatoms. The van der Waals surface area contributed by atoms with Gasteiger partial charge in [0, 0.05) is 11.6 Å². The Kier molecular flexibility index (Phi) is 7.97. The minimum atomic E-state index is -0.721. The molecule has 0 atom stereocenters. The van der Waals surface area contributed by atoms with Crippen molar-refractivity contribution in [3.05, 3.63) is 65.7 Å². The van der Waals surface area contributed by atoms with Gasteiger partial charge < -0.3 is 14.8 Å². The molecule has 29 heavy (non-hydrogen) atoms. The lowest BCUT2D eigenvalue weighted by Crippen LogP contribution is -2.44. The number of hydrogen-bond donors (Lipinski definition) is 2. The van der Waals surface area contributed by atoms with Gasteiger partial charge in [-0.15, -0.1) is 0 Å². The van der Waals surface area contributed by atoms with Crippen molar-refractivity contribution >= 4 is 29.6 Å². The second-order valence-corrected chi connectivity index (χ2v) is 6.42. The number of hydrogen-bond acceptors (Lipinski definition) is 5. The van der Waals surface area contributed by atoms with Crippen LogP contribution in [0.2, 0.25) is 0 Å². The lowest BCUT2D eigenvalue weighted by atomic mass is 10.0. The highest BCUT2D eigenvalue weighted by Crippen LogP contribution is 2.25.